The van der Waals surface area contributed by atoms with Crippen molar-refractivity contribution in [1.82, 2.24) is 10.2 Å². The monoisotopic (exact) mass is 248 g/mol. The van der Waals surface area contributed by atoms with Crippen LogP contribution in [0.2, 0.25) is 0 Å². The molecule has 0 radical (unpaired) electrons. The van der Waals surface area contributed by atoms with E-state index in [1.54, 1.807) is 24.3 Å². The van der Waals surface area contributed by atoms with Gasteiger partial charge in [-0.05, 0) is 12.1 Å². The molecule has 1 atom stereocenters. The fraction of sp³-hybridized carbons (Fsp3) is 0.182. The third-order valence-corrected chi connectivity index (χ3v) is 3.79. The van der Waals surface area contributed by atoms with E-state index >= 15 is 0 Å². The summed E-state index contributed by atoms with van der Waals surface area (Å²) in [6, 6.07) is 6.68. The summed E-state index contributed by atoms with van der Waals surface area (Å²) in [4.78, 5) is 36.3. The van der Waals surface area contributed by atoms with Gasteiger partial charge in [-0.1, -0.05) is 12.1 Å². The maximum atomic E-state index is 12.0. The SMILES string of the molecule is O=C1CSC(N2C(=O)c3ccccc3C2=O)N1. The lowest BCUT2D eigenvalue weighted by molar-refractivity contribution is -0.118. The summed E-state index contributed by atoms with van der Waals surface area (Å²) in [6.45, 7) is 0. The van der Waals surface area contributed by atoms with Gasteiger partial charge >= 0.3 is 0 Å². The fourth-order valence-corrected chi connectivity index (χ4v) is 2.88. The van der Waals surface area contributed by atoms with E-state index < -0.39 is 5.50 Å². The average molecular weight is 248 g/mol. The first-order valence-corrected chi connectivity index (χ1v) is 6.11. The highest BCUT2D eigenvalue weighted by molar-refractivity contribution is 8.01. The van der Waals surface area contributed by atoms with E-state index in [-0.39, 0.29) is 23.5 Å². The Bertz CT molecular complexity index is 508. The first-order valence-electron chi connectivity index (χ1n) is 5.06. The molecule has 0 bridgehead atoms. The number of thioether (sulfide) groups is 1. The Morgan fingerprint density at radius 3 is 2.18 bits per heavy atom. The molecule has 0 aliphatic carbocycles. The lowest BCUT2D eigenvalue weighted by Crippen LogP contribution is -2.44. The van der Waals surface area contributed by atoms with Gasteiger partial charge in [0.25, 0.3) is 11.8 Å². The van der Waals surface area contributed by atoms with Crippen molar-refractivity contribution in [2.24, 2.45) is 0 Å². The first kappa shape index (κ1) is 10.3. The second kappa shape index (κ2) is 3.59. The van der Waals surface area contributed by atoms with E-state index in [0.29, 0.717) is 11.1 Å². The van der Waals surface area contributed by atoms with Gasteiger partial charge in [0.05, 0.1) is 16.9 Å². The van der Waals surface area contributed by atoms with Crippen LogP contribution in [0.15, 0.2) is 24.3 Å². The minimum Gasteiger partial charge on any atom is -0.326 e. The number of carbonyl (C=O) groups is 3. The molecule has 2 aliphatic rings. The van der Waals surface area contributed by atoms with Crippen LogP contribution < -0.4 is 5.32 Å². The van der Waals surface area contributed by atoms with E-state index in [0.717, 1.165) is 4.90 Å². The summed E-state index contributed by atoms with van der Waals surface area (Å²) in [7, 11) is 0. The largest absolute Gasteiger partial charge is 0.326 e. The number of nitrogens with one attached hydrogen (secondary N) is 1. The van der Waals surface area contributed by atoms with Crippen LogP contribution in [0, 0.1) is 0 Å². The predicted octanol–water partition coefficient (Wildman–Crippen LogP) is 0.429. The molecule has 2 heterocycles. The van der Waals surface area contributed by atoms with Gasteiger partial charge in [-0.25, -0.2) is 4.90 Å². The van der Waals surface area contributed by atoms with Gasteiger partial charge in [0.1, 0.15) is 0 Å². The standard InChI is InChI=1S/C11H8N2O3S/c14-8-5-17-11(12-8)13-9(15)6-3-1-2-4-7(6)10(13)16/h1-4,11H,5H2,(H,12,14). The number of rotatable bonds is 1. The highest BCUT2D eigenvalue weighted by atomic mass is 32.2. The smallest absolute Gasteiger partial charge is 0.263 e. The molecule has 0 spiro atoms. The van der Waals surface area contributed by atoms with Crippen LogP contribution in [-0.2, 0) is 4.79 Å². The third-order valence-electron chi connectivity index (χ3n) is 2.72. The third kappa shape index (κ3) is 1.44. The zero-order chi connectivity index (χ0) is 12.0. The molecule has 1 unspecified atom stereocenters. The van der Waals surface area contributed by atoms with Crippen LogP contribution in [0.4, 0.5) is 0 Å². The molecule has 0 saturated carbocycles. The number of hydrogen-bond donors (Lipinski definition) is 1. The number of carbonyl (C=O) groups excluding carboxylic acids is 3. The zero-order valence-corrected chi connectivity index (χ0v) is 9.49. The zero-order valence-electron chi connectivity index (χ0n) is 8.67. The summed E-state index contributed by atoms with van der Waals surface area (Å²) < 4.78 is 0. The number of hydrogen-bond acceptors (Lipinski definition) is 4. The van der Waals surface area contributed by atoms with Crippen molar-refractivity contribution in [3.05, 3.63) is 35.4 Å². The normalized spacial score (nSPS) is 22.9. The molecule has 3 amide bonds. The molecule has 1 aromatic carbocycles. The Kier molecular flexibility index (Phi) is 2.19. The van der Waals surface area contributed by atoms with Gasteiger partial charge in [-0.15, -0.1) is 11.8 Å². The van der Waals surface area contributed by atoms with Crippen LogP contribution in [-0.4, -0.2) is 33.9 Å². The quantitative estimate of drug-likeness (QED) is 0.732. The summed E-state index contributed by atoms with van der Waals surface area (Å²) in [6.07, 6.45) is 0. The Morgan fingerprint density at radius 1 is 1.12 bits per heavy atom. The van der Waals surface area contributed by atoms with Gasteiger partial charge in [0, 0.05) is 0 Å². The molecule has 17 heavy (non-hydrogen) atoms. The maximum Gasteiger partial charge on any atom is 0.263 e. The Labute approximate surface area is 101 Å². The number of benzene rings is 1. The van der Waals surface area contributed by atoms with E-state index in [4.69, 9.17) is 0 Å². The molecule has 1 N–H and O–H groups in total. The second-order valence-corrected chi connectivity index (χ2v) is 4.83. The van der Waals surface area contributed by atoms with Crippen molar-refractivity contribution >= 4 is 29.5 Å². The van der Waals surface area contributed by atoms with E-state index in [2.05, 4.69) is 5.32 Å². The van der Waals surface area contributed by atoms with Crippen molar-refractivity contribution in [3.8, 4) is 0 Å². The van der Waals surface area contributed by atoms with Crippen molar-refractivity contribution < 1.29 is 14.4 Å². The molecule has 86 valence electrons. The predicted molar refractivity (Wildman–Crippen MR) is 61.3 cm³/mol. The van der Waals surface area contributed by atoms with Crippen molar-refractivity contribution in [3.63, 3.8) is 0 Å². The lowest BCUT2D eigenvalue weighted by Gasteiger charge is -2.20. The van der Waals surface area contributed by atoms with Gasteiger partial charge in [-0.3, -0.25) is 14.4 Å². The van der Waals surface area contributed by atoms with E-state index in [1.807, 2.05) is 0 Å². The number of fused-ring (bicyclic) bond motifs is 1. The topological polar surface area (TPSA) is 66.5 Å². The molecule has 1 aromatic rings. The highest BCUT2D eigenvalue weighted by Gasteiger charge is 2.42. The van der Waals surface area contributed by atoms with Crippen molar-refractivity contribution in [1.29, 1.82) is 0 Å². The van der Waals surface area contributed by atoms with E-state index in [1.165, 1.54) is 11.8 Å². The minimum atomic E-state index is -0.574. The molecular weight excluding hydrogens is 240 g/mol. The number of imide groups is 1. The maximum absolute atomic E-state index is 12.0. The van der Waals surface area contributed by atoms with Crippen LogP contribution in [0.3, 0.4) is 0 Å². The number of nitrogens with zero attached hydrogens (tertiary/aromatic N) is 1. The minimum absolute atomic E-state index is 0.156. The fourth-order valence-electron chi connectivity index (χ4n) is 1.94. The molecule has 2 aliphatic heterocycles. The summed E-state index contributed by atoms with van der Waals surface area (Å²) >= 11 is 1.25. The second-order valence-electron chi connectivity index (χ2n) is 3.76. The van der Waals surface area contributed by atoms with Crippen molar-refractivity contribution in [2.75, 3.05) is 5.75 Å². The summed E-state index contributed by atoms with van der Waals surface area (Å²) in [5.41, 5.74) is 0.230. The Morgan fingerprint density at radius 2 is 1.71 bits per heavy atom. The van der Waals surface area contributed by atoms with E-state index in [9.17, 15) is 14.4 Å². The molecule has 0 aromatic heterocycles. The van der Waals surface area contributed by atoms with Gasteiger partial charge in [0.2, 0.25) is 5.91 Å². The number of amides is 3. The summed E-state index contributed by atoms with van der Waals surface area (Å²) in [5, 5.41) is 2.60. The van der Waals surface area contributed by atoms with Gasteiger partial charge in [0.15, 0.2) is 5.50 Å². The molecule has 1 saturated heterocycles. The van der Waals surface area contributed by atoms with Gasteiger partial charge in [-0.2, -0.15) is 0 Å². The Balaban J connectivity index is 1.98. The Hall–Kier alpha value is -1.82. The average Bonchev–Trinajstić information content (AvgIpc) is 2.84. The van der Waals surface area contributed by atoms with Crippen molar-refractivity contribution in [2.45, 2.75) is 5.50 Å². The van der Waals surface area contributed by atoms with Gasteiger partial charge < -0.3 is 5.32 Å². The van der Waals surface area contributed by atoms with Crippen LogP contribution in [0.5, 0.6) is 0 Å². The lowest BCUT2D eigenvalue weighted by atomic mass is 10.1. The molecule has 5 nitrogen and oxygen atoms in total. The van der Waals surface area contributed by atoms with Crippen LogP contribution >= 0.6 is 11.8 Å². The molecule has 6 heteroatoms. The molecule has 3 rings (SSSR count). The summed E-state index contributed by atoms with van der Waals surface area (Å²) in [5.74, 6) is -0.565. The van der Waals surface area contributed by atoms with Crippen LogP contribution in [0.25, 0.3) is 0 Å². The highest BCUT2D eigenvalue weighted by Crippen LogP contribution is 2.29. The van der Waals surface area contributed by atoms with Crippen LogP contribution in [0.1, 0.15) is 20.7 Å². The first-order chi connectivity index (χ1) is 8.18. The molecule has 1 fully saturated rings. The molecular formula is C11H8N2O3S.